The molecule has 1 amide bonds. The van der Waals surface area contributed by atoms with Crippen molar-refractivity contribution in [2.24, 2.45) is 0 Å². The van der Waals surface area contributed by atoms with E-state index in [-0.39, 0.29) is 22.9 Å². The summed E-state index contributed by atoms with van der Waals surface area (Å²) >= 11 is 0. The summed E-state index contributed by atoms with van der Waals surface area (Å²) in [6, 6.07) is 11.5. The molecule has 32 heavy (non-hydrogen) atoms. The van der Waals surface area contributed by atoms with Gasteiger partial charge in [0.2, 0.25) is 10.0 Å². The van der Waals surface area contributed by atoms with Gasteiger partial charge in [0.05, 0.1) is 24.2 Å². The molecule has 0 bridgehead atoms. The Morgan fingerprint density at radius 3 is 2.38 bits per heavy atom. The first-order valence-electron chi connectivity index (χ1n) is 10.3. The number of morpholine rings is 1. The summed E-state index contributed by atoms with van der Waals surface area (Å²) < 4.78 is 44.0. The van der Waals surface area contributed by atoms with Crippen molar-refractivity contribution in [2.75, 3.05) is 25.5 Å². The van der Waals surface area contributed by atoms with Crippen LogP contribution in [0.5, 0.6) is 5.75 Å². The fraction of sp³-hybridized carbons (Fsp3) is 0.348. The molecule has 1 aliphatic heterocycles. The summed E-state index contributed by atoms with van der Waals surface area (Å²) in [6.07, 6.45) is -0.335. The lowest BCUT2D eigenvalue weighted by molar-refractivity contribution is -0.0440. The third-order valence-electron chi connectivity index (χ3n) is 5.49. The number of ether oxygens (including phenoxy) is 2. The molecule has 0 spiro atoms. The van der Waals surface area contributed by atoms with E-state index in [2.05, 4.69) is 5.32 Å². The summed E-state index contributed by atoms with van der Waals surface area (Å²) in [5, 5.41) is 3.56. The van der Waals surface area contributed by atoms with Gasteiger partial charge in [-0.25, -0.2) is 8.42 Å². The lowest BCUT2D eigenvalue weighted by atomic mass is 10.1. The van der Waals surface area contributed by atoms with E-state index in [1.165, 1.54) is 16.4 Å². The van der Waals surface area contributed by atoms with Crippen molar-refractivity contribution in [3.63, 3.8) is 0 Å². The Morgan fingerprint density at radius 2 is 1.75 bits per heavy atom. The number of rotatable bonds is 5. The van der Waals surface area contributed by atoms with Crippen LogP contribution < -0.4 is 10.1 Å². The third kappa shape index (κ3) is 4.23. The van der Waals surface area contributed by atoms with Gasteiger partial charge in [0, 0.05) is 29.7 Å². The Balaban J connectivity index is 1.52. The number of sulfonamides is 1. The van der Waals surface area contributed by atoms with Gasteiger partial charge >= 0.3 is 0 Å². The van der Waals surface area contributed by atoms with Crippen molar-refractivity contribution in [2.45, 2.75) is 37.9 Å². The molecule has 1 aliphatic rings. The van der Waals surface area contributed by atoms with Gasteiger partial charge in [0.15, 0.2) is 5.76 Å². The van der Waals surface area contributed by atoms with Crippen LogP contribution in [0.1, 0.15) is 30.0 Å². The van der Waals surface area contributed by atoms with Gasteiger partial charge in [-0.15, -0.1) is 0 Å². The van der Waals surface area contributed by atoms with Gasteiger partial charge in [-0.2, -0.15) is 4.31 Å². The Hall–Kier alpha value is -2.88. The molecule has 0 saturated carbocycles. The van der Waals surface area contributed by atoms with Crippen molar-refractivity contribution < 1.29 is 27.1 Å². The maximum Gasteiger partial charge on any atom is 0.291 e. The highest BCUT2D eigenvalue weighted by Gasteiger charge is 2.32. The van der Waals surface area contributed by atoms with E-state index in [1.54, 1.807) is 38.3 Å². The topological polar surface area (TPSA) is 98.1 Å². The molecule has 2 unspecified atom stereocenters. The number of carbonyl (C=O) groups is 1. The molecule has 1 fully saturated rings. The van der Waals surface area contributed by atoms with Gasteiger partial charge < -0.3 is 19.2 Å². The molecule has 8 nitrogen and oxygen atoms in total. The Bertz CT molecular complexity index is 1240. The number of anilines is 1. The number of fused-ring (bicyclic) bond motifs is 1. The minimum atomic E-state index is -3.65. The molecule has 4 rings (SSSR count). The van der Waals surface area contributed by atoms with Crippen LogP contribution >= 0.6 is 0 Å². The molecule has 1 aromatic heterocycles. The summed E-state index contributed by atoms with van der Waals surface area (Å²) in [7, 11) is -2.07. The number of amides is 1. The molecular weight excluding hydrogens is 432 g/mol. The van der Waals surface area contributed by atoms with Gasteiger partial charge in [-0.1, -0.05) is 0 Å². The quantitative estimate of drug-likeness (QED) is 0.625. The van der Waals surface area contributed by atoms with Gasteiger partial charge in [-0.05, 0) is 63.2 Å². The lowest BCUT2D eigenvalue weighted by Gasteiger charge is -2.34. The number of benzene rings is 2. The molecule has 3 aromatic rings. The van der Waals surface area contributed by atoms with Crippen LogP contribution in [0.2, 0.25) is 0 Å². The Morgan fingerprint density at radius 1 is 1.09 bits per heavy atom. The van der Waals surface area contributed by atoms with Gasteiger partial charge in [0.1, 0.15) is 11.3 Å². The third-order valence-corrected chi connectivity index (χ3v) is 7.33. The highest BCUT2D eigenvalue weighted by atomic mass is 32.2. The van der Waals surface area contributed by atoms with Crippen molar-refractivity contribution in [3.8, 4) is 5.75 Å². The van der Waals surface area contributed by atoms with E-state index in [0.717, 1.165) is 5.39 Å². The monoisotopic (exact) mass is 458 g/mol. The average Bonchev–Trinajstić information content (AvgIpc) is 3.09. The van der Waals surface area contributed by atoms with Crippen LogP contribution in [0.3, 0.4) is 0 Å². The molecule has 2 atom stereocenters. The first-order chi connectivity index (χ1) is 15.2. The van der Waals surface area contributed by atoms with Crippen LogP contribution in [-0.2, 0) is 14.8 Å². The zero-order valence-electron chi connectivity index (χ0n) is 18.4. The fourth-order valence-electron chi connectivity index (χ4n) is 3.92. The maximum atomic E-state index is 13.0. The number of hydrogen-bond donors (Lipinski definition) is 1. The minimum absolute atomic E-state index is 0.167. The van der Waals surface area contributed by atoms with E-state index in [9.17, 15) is 13.2 Å². The zero-order chi connectivity index (χ0) is 23.0. The highest BCUT2D eigenvalue weighted by Crippen LogP contribution is 2.29. The molecule has 2 heterocycles. The van der Waals surface area contributed by atoms with E-state index < -0.39 is 15.9 Å². The van der Waals surface area contributed by atoms with Crippen molar-refractivity contribution >= 4 is 32.6 Å². The van der Waals surface area contributed by atoms with Gasteiger partial charge in [0.25, 0.3) is 5.91 Å². The van der Waals surface area contributed by atoms with Crippen LogP contribution in [0, 0.1) is 6.92 Å². The Labute approximate surface area is 187 Å². The number of methoxy groups -OCH3 is 1. The molecule has 170 valence electrons. The average molecular weight is 459 g/mol. The smallest absolute Gasteiger partial charge is 0.291 e. The second kappa shape index (κ2) is 8.57. The predicted molar refractivity (Wildman–Crippen MR) is 121 cm³/mol. The maximum absolute atomic E-state index is 13.0. The van der Waals surface area contributed by atoms with E-state index in [0.29, 0.717) is 35.7 Å². The number of aryl methyl sites for hydroxylation is 1. The Kier molecular flexibility index (Phi) is 5.98. The number of hydrogen-bond acceptors (Lipinski definition) is 6. The molecule has 1 saturated heterocycles. The SMILES string of the molecule is COc1ccc2oc(C(=O)Nc3ccc(S(=O)(=O)N4CC(C)OC(C)C4)cc3)c(C)c2c1. The van der Waals surface area contributed by atoms with Crippen LogP contribution in [0.25, 0.3) is 11.0 Å². The minimum Gasteiger partial charge on any atom is -0.497 e. The number of nitrogens with zero attached hydrogens (tertiary/aromatic N) is 1. The van der Waals surface area contributed by atoms with Crippen LogP contribution in [0.15, 0.2) is 51.8 Å². The number of carbonyl (C=O) groups excluding carboxylic acids is 1. The standard InChI is InChI=1S/C23H26N2O6S/c1-14-12-25(13-15(2)30-14)32(27,28)19-8-5-17(6-9-19)24-23(26)22-16(3)20-11-18(29-4)7-10-21(20)31-22/h5-11,14-15H,12-13H2,1-4H3,(H,24,26). The molecule has 1 N–H and O–H groups in total. The van der Waals surface area contributed by atoms with Crippen molar-refractivity contribution in [1.82, 2.24) is 4.31 Å². The molecular formula is C23H26N2O6S. The van der Waals surface area contributed by atoms with Crippen molar-refractivity contribution in [1.29, 1.82) is 0 Å². The first-order valence-corrected chi connectivity index (χ1v) is 11.8. The zero-order valence-corrected chi connectivity index (χ0v) is 19.2. The molecule has 2 aromatic carbocycles. The van der Waals surface area contributed by atoms with E-state index >= 15 is 0 Å². The largest absolute Gasteiger partial charge is 0.497 e. The van der Waals surface area contributed by atoms with E-state index in [4.69, 9.17) is 13.9 Å². The fourth-order valence-corrected chi connectivity index (χ4v) is 5.51. The van der Waals surface area contributed by atoms with Crippen molar-refractivity contribution in [3.05, 3.63) is 53.8 Å². The number of nitrogens with one attached hydrogen (secondary N) is 1. The second-order valence-corrected chi connectivity index (χ2v) is 9.91. The summed E-state index contributed by atoms with van der Waals surface area (Å²) in [4.78, 5) is 13.0. The highest BCUT2D eigenvalue weighted by molar-refractivity contribution is 7.89. The van der Waals surface area contributed by atoms with Crippen LogP contribution in [-0.4, -0.2) is 51.0 Å². The summed E-state index contributed by atoms with van der Waals surface area (Å²) in [5.41, 5.74) is 1.75. The molecule has 0 aliphatic carbocycles. The van der Waals surface area contributed by atoms with Crippen LogP contribution in [0.4, 0.5) is 5.69 Å². The molecule has 0 radical (unpaired) electrons. The van der Waals surface area contributed by atoms with E-state index in [1.807, 2.05) is 19.9 Å². The van der Waals surface area contributed by atoms with Gasteiger partial charge in [-0.3, -0.25) is 4.79 Å². The normalized spacial score (nSPS) is 19.8. The number of furan rings is 1. The summed E-state index contributed by atoms with van der Waals surface area (Å²) in [5.74, 6) is 0.458. The molecule has 9 heteroatoms. The second-order valence-electron chi connectivity index (χ2n) is 7.98. The first kappa shape index (κ1) is 22.3. The predicted octanol–water partition coefficient (Wildman–Crippen LogP) is 3.80. The summed E-state index contributed by atoms with van der Waals surface area (Å²) in [6.45, 7) is 6.13. The lowest BCUT2D eigenvalue weighted by Crippen LogP contribution is -2.48.